The fourth-order valence-electron chi connectivity index (χ4n) is 3.93. The molecule has 0 bridgehead atoms. The molecule has 1 unspecified atom stereocenters. The summed E-state index contributed by atoms with van der Waals surface area (Å²) in [5, 5.41) is 12.4. The number of aromatic amines is 1. The number of carbonyl (C=O) groups is 6. The lowest BCUT2D eigenvalue weighted by Gasteiger charge is -2.44. The first-order valence-electron chi connectivity index (χ1n) is 13.2. The summed E-state index contributed by atoms with van der Waals surface area (Å²) in [4.78, 5) is 70.6. The number of hydrogen-bond donors (Lipinski definition) is 2. The Hall–Kier alpha value is -4.16. The van der Waals surface area contributed by atoms with Crippen LogP contribution in [0.15, 0.2) is 6.20 Å². The summed E-state index contributed by atoms with van der Waals surface area (Å²) in [7, 11) is 0. The van der Waals surface area contributed by atoms with E-state index in [0.29, 0.717) is 5.69 Å². The second-order valence-corrected chi connectivity index (χ2v) is 9.10. The van der Waals surface area contributed by atoms with Gasteiger partial charge in [0.2, 0.25) is 5.91 Å². The minimum Gasteiger partial charge on any atom is -0.463 e. The van der Waals surface area contributed by atoms with Crippen LogP contribution in [0.2, 0.25) is 0 Å². The van der Waals surface area contributed by atoms with E-state index < -0.39 is 72.6 Å². The molecule has 1 aliphatic heterocycles. The minimum atomic E-state index is -1.35. The van der Waals surface area contributed by atoms with Gasteiger partial charge < -0.3 is 43.2 Å². The molecule has 1 aromatic rings. The quantitative estimate of drug-likeness (QED) is 0.129. The number of amides is 1. The third-order valence-corrected chi connectivity index (χ3v) is 5.47. The molecule has 1 fully saturated rings. The summed E-state index contributed by atoms with van der Waals surface area (Å²) < 4.78 is 43.1. The zero-order valence-corrected chi connectivity index (χ0v) is 24.4. The first kappa shape index (κ1) is 35.0. The highest BCUT2D eigenvalue weighted by atomic mass is 16.7. The molecule has 1 aliphatic rings. The van der Waals surface area contributed by atoms with Crippen molar-refractivity contribution in [3.05, 3.63) is 11.9 Å². The van der Waals surface area contributed by atoms with Gasteiger partial charge in [-0.05, 0) is 0 Å². The maximum absolute atomic E-state index is 12.3. The molecule has 18 nitrogen and oxygen atoms in total. The summed E-state index contributed by atoms with van der Waals surface area (Å²) in [6.45, 7) is 5.42. The molecule has 1 aromatic heterocycles. The molecule has 240 valence electrons. The van der Waals surface area contributed by atoms with Gasteiger partial charge in [-0.25, -0.2) is 0 Å². The molecule has 6 atom stereocenters. The minimum absolute atomic E-state index is 0.00223. The first-order valence-corrected chi connectivity index (χ1v) is 13.2. The molecule has 0 saturated carbocycles. The van der Waals surface area contributed by atoms with Gasteiger partial charge in [-0.1, -0.05) is 5.21 Å². The standard InChI is InChI=1S/C25H36N4O14/c1-13(30)38-12-20-22(40-15(3)32)23(41-16(4)33)24(42-17(5)34)25(43-20)37-9-8-36-7-6-26-21(35)10-19(39-14(2)31)18-11-27-29-28-18/h11,19-20,22-25H,6-10,12H2,1-5H3,(H,26,35)(H,27,28,29)/t19?,20-,22+,23+,24-,25+/m1/s1. The largest absolute Gasteiger partial charge is 0.463 e. The Morgan fingerprint density at radius 2 is 1.51 bits per heavy atom. The van der Waals surface area contributed by atoms with Gasteiger partial charge >= 0.3 is 29.8 Å². The lowest BCUT2D eigenvalue weighted by molar-refractivity contribution is -0.309. The van der Waals surface area contributed by atoms with Gasteiger partial charge in [0, 0.05) is 47.4 Å². The molecule has 0 radical (unpaired) electrons. The van der Waals surface area contributed by atoms with E-state index in [9.17, 15) is 28.8 Å². The average molecular weight is 617 g/mol. The van der Waals surface area contributed by atoms with Crippen molar-refractivity contribution in [2.45, 2.75) is 77.8 Å². The van der Waals surface area contributed by atoms with Crippen LogP contribution in [0, 0.1) is 0 Å². The smallest absolute Gasteiger partial charge is 0.303 e. The lowest BCUT2D eigenvalue weighted by atomic mass is 9.98. The molecular formula is C25H36N4O14. The van der Waals surface area contributed by atoms with Crippen LogP contribution in [0.4, 0.5) is 0 Å². The number of rotatable bonds is 16. The second-order valence-electron chi connectivity index (χ2n) is 9.10. The van der Waals surface area contributed by atoms with Crippen LogP contribution in [-0.4, -0.2) is 115 Å². The van der Waals surface area contributed by atoms with E-state index in [0.717, 1.165) is 27.7 Å². The molecule has 0 aromatic carbocycles. The van der Waals surface area contributed by atoms with E-state index in [4.69, 9.17) is 37.9 Å². The number of H-pyrrole nitrogens is 1. The van der Waals surface area contributed by atoms with E-state index in [1.54, 1.807) is 0 Å². The number of aromatic nitrogens is 3. The summed E-state index contributed by atoms with van der Waals surface area (Å²) in [5.74, 6) is -3.93. The molecule has 1 amide bonds. The summed E-state index contributed by atoms with van der Waals surface area (Å²) in [6.07, 6.45) is -6.16. The SMILES string of the molecule is CC(=O)OC[C@H]1O[C@H](OCCOCCNC(=O)CC(OC(C)=O)c2c[nH]nn2)[C@H](OC(C)=O)[C@@H](OC(C)=O)[C@H]1OC(C)=O. The van der Waals surface area contributed by atoms with Crippen LogP contribution in [0.3, 0.4) is 0 Å². The van der Waals surface area contributed by atoms with E-state index in [-0.39, 0.29) is 39.4 Å². The van der Waals surface area contributed by atoms with Gasteiger partial charge in [0.1, 0.15) is 18.4 Å². The van der Waals surface area contributed by atoms with Crippen molar-refractivity contribution in [2.75, 3.05) is 33.0 Å². The molecule has 43 heavy (non-hydrogen) atoms. The van der Waals surface area contributed by atoms with Crippen LogP contribution < -0.4 is 5.32 Å². The Morgan fingerprint density at radius 3 is 2.09 bits per heavy atom. The van der Waals surface area contributed by atoms with Crippen LogP contribution in [0.5, 0.6) is 0 Å². The van der Waals surface area contributed by atoms with E-state index in [2.05, 4.69) is 20.7 Å². The fourth-order valence-corrected chi connectivity index (χ4v) is 3.93. The highest BCUT2D eigenvalue weighted by Crippen LogP contribution is 2.30. The number of esters is 5. The van der Waals surface area contributed by atoms with Crippen molar-refractivity contribution in [1.82, 2.24) is 20.7 Å². The Morgan fingerprint density at radius 1 is 0.860 bits per heavy atom. The Balaban J connectivity index is 1.93. The molecule has 2 rings (SSSR count). The van der Waals surface area contributed by atoms with Crippen molar-refractivity contribution in [3.8, 4) is 0 Å². The number of nitrogens with one attached hydrogen (secondary N) is 2. The maximum atomic E-state index is 12.3. The third kappa shape index (κ3) is 12.7. The highest BCUT2D eigenvalue weighted by molar-refractivity contribution is 5.77. The van der Waals surface area contributed by atoms with Crippen LogP contribution in [0.1, 0.15) is 52.8 Å². The topological polar surface area (TPSA) is 230 Å². The zero-order chi connectivity index (χ0) is 31.9. The van der Waals surface area contributed by atoms with Gasteiger partial charge in [-0.2, -0.15) is 0 Å². The Labute approximate surface area is 246 Å². The molecule has 0 aliphatic carbocycles. The third-order valence-electron chi connectivity index (χ3n) is 5.47. The summed E-state index contributed by atoms with van der Waals surface area (Å²) >= 11 is 0. The predicted octanol–water partition coefficient (Wildman–Crippen LogP) is -0.968. The fraction of sp³-hybridized carbons (Fsp3) is 0.680. The molecule has 18 heteroatoms. The van der Waals surface area contributed by atoms with Crippen molar-refractivity contribution in [1.29, 1.82) is 0 Å². The molecule has 0 spiro atoms. The summed E-state index contributed by atoms with van der Waals surface area (Å²) in [6, 6.07) is 0. The second kappa shape index (κ2) is 17.7. The Kier molecular flexibility index (Phi) is 14.4. The van der Waals surface area contributed by atoms with Gasteiger partial charge in [0.25, 0.3) is 0 Å². The highest BCUT2D eigenvalue weighted by Gasteiger charge is 2.52. The maximum Gasteiger partial charge on any atom is 0.303 e. The monoisotopic (exact) mass is 616 g/mol. The first-order chi connectivity index (χ1) is 20.4. The van der Waals surface area contributed by atoms with Crippen molar-refractivity contribution in [3.63, 3.8) is 0 Å². The number of hydrogen-bond acceptors (Lipinski definition) is 16. The van der Waals surface area contributed by atoms with Gasteiger partial charge in [-0.15, -0.1) is 5.10 Å². The number of ether oxygens (including phenoxy) is 8. The number of nitrogens with zero attached hydrogens (tertiary/aromatic N) is 2. The Bertz CT molecular complexity index is 1100. The average Bonchev–Trinajstić information content (AvgIpc) is 3.44. The van der Waals surface area contributed by atoms with Gasteiger partial charge in [0.05, 0.1) is 26.2 Å². The van der Waals surface area contributed by atoms with Crippen LogP contribution in [0.25, 0.3) is 0 Å². The van der Waals surface area contributed by atoms with E-state index >= 15 is 0 Å². The molecular weight excluding hydrogens is 580 g/mol. The van der Waals surface area contributed by atoms with Crippen molar-refractivity contribution >= 4 is 35.8 Å². The molecule has 1 saturated heterocycles. The number of carbonyl (C=O) groups excluding carboxylic acids is 6. The normalized spacial score (nSPS) is 22.0. The van der Waals surface area contributed by atoms with Gasteiger partial charge in [0.15, 0.2) is 30.7 Å². The molecule has 2 heterocycles. The van der Waals surface area contributed by atoms with Crippen molar-refractivity contribution < 1.29 is 66.7 Å². The zero-order valence-electron chi connectivity index (χ0n) is 24.4. The van der Waals surface area contributed by atoms with Crippen molar-refractivity contribution in [2.24, 2.45) is 0 Å². The lowest BCUT2D eigenvalue weighted by Crippen LogP contribution is -2.63. The summed E-state index contributed by atoms with van der Waals surface area (Å²) in [5.41, 5.74) is 0.293. The van der Waals surface area contributed by atoms with E-state index in [1.807, 2.05) is 0 Å². The van der Waals surface area contributed by atoms with E-state index in [1.165, 1.54) is 13.1 Å². The van der Waals surface area contributed by atoms with Gasteiger partial charge in [-0.3, -0.25) is 33.9 Å². The van der Waals surface area contributed by atoms with Crippen LogP contribution >= 0.6 is 0 Å². The predicted molar refractivity (Wildman–Crippen MR) is 137 cm³/mol. The van der Waals surface area contributed by atoms with Crippen LogP contribution in [-0.2, 0) is 66.7 Å². The molecule has 2 N–H and O–H groups in total.